The van der Waals surface area contributed by atoms with Gasteiger partial charge in [-0.1, -0.05) is 29.8 Å². The Morgan fingerprint density at radius 1 is 1.06 bits per heavy atom. The number of ether oxygens (including phenoxy) is 1. The Bertz CT molecular complexity index is 537. The van der Waals surface area contributed by atoms with Crippen LogP contribution in [0.4, 0.5) is 5.95 Å². The van der Waals surface area contributed by atoms with E-state index < -0.39 is 0 Å². The Hall–Kier alpha value is -2.17. The smallest absolute Gasteiger partial charge is 0.322 e. The Kier molecular flexibility index (Phi) is 3.41. The highest BCUT2D eigenvalue weighted by atomic mass is 16.5. The van der Waals surface area contributed by atoms with Crippen LogP contribution in [-0.4, -0.2) is 21.1 Å². The third-order valence-corrected chi connectivity index (χ3v) is 2.28. The molecule has 0 spiro atoms. The standard InChI is InChI=1S/C13H16N4O/c1-8(2)18-13-16-11(15-12(14)17-13)10-6-4-9(3)5-7-10/h4-8H,1-3H3,(H2,14,15,16,17). The van der Waals surface area contributed by atoms with Crippen molar-refractivity contribution in [1.82, 2.24) is 15.0 Å². The molecule has 0 fully saturated rings. The lowest BCUT2D eigenvalue weighted by Gasteiger charge is -2.09. The summed E-state index contributed by atoms with van der Waals surface area (Å²) in [6.07, 6.45) is -0.00216. The second-order valence-electron chi connectivity index (χ2n) is 4.33. The number of rotatable bonds is 3. The summed E-state index contributed by atoms with van der Waals surface area (Å²) in [4.78, 5) is 12.3. The van der Waals surface area contributed by atoms with Crippen molar-refractivity contribution in [2.45, 2.75) is 26.9 Å². The third-order valence-electron chi connectivity index (χ3n) is 2.28. The van der Waals surface area contributed by atoms with Crippen LogP contribution in [0.2, 0.25) is 0 Å². The molecule has 2 aromatic rings. The van der Waals surface area contributed by atoms with Gasteiger partial charge in [-0.3, -0.25) is 0 Å². The molecule has 18 heavy (non-hydrogen) atoms. The van der Waals surface area contributed by atoms with Crippen LogP contribution in [-0.2, 0) is 0 Å². The summed E-state index contributed by atoms with van der Waals surface area (Å²) < 4.78 is 5.44. The van der Waals surface area contributed by atoms with Crippen molar-refractivity contribution < 1.29 is 4.74 Å². The molecule has 0 unspecified atom stereocenters. The molecule has 0 aliphatic carbocycles. The highest BCUT2D eigenvalue weighted by molar-refractivity contribution is 5.56. The zero-order valence-electron chi connectivity index (χ0n) is 10.7. The normalized spacial score (nSPS) is 10.7. The molecule has 0 aliphatic rings. The third kappa shape index (κ3) is 2.94. The van der Waals surface area contributed by atoms with Crippen LogP contribution in [0, 0.1) is 6.92 Å². The van der Waals surface area contributed by atoms with Gasteiger partial charge < -0.3 is 10.5 Å². The molecule has 1 heterocycles. The molecule has 94 valence electrons. The minimum Gasteiger partial charge on any atom is -0.461 e. The van der Waals surface area contributed by atoms with E-state index in [0.29, 0.717) is 5.82 Å². The molecule has 0 saturated carbocycles. The SMILES string of the molecule is Cc1ccc(-c2nc(N)nc(OC(C)C)n2)cc1. The first kappa shape index (κ1) is 12.3. The zero-order chi connectivity index (χ0) is 13.1. The number of hydrogen-bond acceptors (Lipinski definition) is 5. The summed E-state index contributed by atoms with van der Waals surface area (Å²) in [5.41, 5.74) is 7.73. The van der Waals surface area contributed by atoms with Crippen LogP contribution >= 0.6 is 0 Å². The molecule has 0 radical (unpaired) electrons. The van der Waals surface area contributed by atoms with Gasteiger partial charge in [0.25, 0.3) is 0 Å². The Balaban J connectivity index is 2.38. The molecule has 0 amide bonds. The zero-order valence-corrected chi connectivity index (χ0v) is 10.7. The fourth-order valence-electron chi connectivity index (χ4n) is 1.47. The van der Waals surface area contributed by atoms with Gasteiger partial charge in [0.2, 0.25) is 5.95 Å². The molecule has 0 atom stereocenters. The summed E-state index contributed by atoms with van der Waals surface area (Å²) in [6.45, 7) is 5.84. The second kappa shape index (κ2) is 5.00. The molecule has 2 rings (SSSR count). The number of anilines is 1. The molecule has 0 aliphatic heterocycles. The number of nitrogens with zero attached hydrogens (tertiary/aromatic N) is 3. The van der Waals surface area contributed by atoms with Crippen molar-refractivity contribution in [3.05, 3.63) is 29.8 Å². The number of aryl methyl sites for hydroxylation is 1. The first-order valence-electron chi connectivity index (χ1n) is 5.80. The van der Waals surface area contributed by atoms with Crippen LogP contribution in [0.1, 0.15) is 19.4 Å². The minimum atomic E-state index is -0.00216. The van der Waals surface area contributed by atoms with E-state index in [1.165, 1.54) is 5.56 Å². The van der Waals surface area contributed by atoms with Crippen molar-refractivity contribution in [2.75, 3.05) is 5.73 Å². The van der Waals surface area contributed by atoms with Gasteiger partial charge in [0.05, 0.1) is 6.10 Å². The summed E-state index contributed by atoms with van der Waals surface area (Å²) >= 11 is 0. The first-order valence-corrected chi connectivity index (χ1v) is 5.80. The van der Waals surface area contributed by atoms with Gasteiger partial charge in [0, 0.05) is 5.56 Å². The fraction of sp³-hybridized carbons (Fsp3) is 0.308. The molecule has 0 saturated heterocycles. The first-order chi connectivity index (χ1) is 8.54. The molecule has 5 nitrogen and oxygen atoms in total. The lowest BCUT2D eigenvalue weighted by Crippen LogP contribution is -2.11. The van der Waals surface area contributed by atoms with Gasteiger partial charge in [-0.15, -0.1) is 0 Å². The molecule has 2 N–H and O–H groups in total. The average molecular weight is 244 g/mol. The number of aromatic nitrogens is 3. The Morgan fingerprint density at radius 3 is 2.33 bits per heavy atom. The topological polar surface area (TPSA) is 73.9 Å². The predicted molar refractivity (Wildman–Crippen MR) is 70.2 cm³/mol. The number of nitrogen functional groups attached to an aromatic ring is 1. The maximum atomic E-state index is 5.66. The lowest BCUT2D eigenvalue weighted by molar-refractivity contribution is 0.222. The molecule has 0 bridgehead atoms. The van der Waals surface area contributed by atoms with E-state index in [2.05, 4.69) is 15.0 Å². The Morgan fingerprint density at radius 2 is 1.72 bits per heavy atom. The summed E-state index contributed by atoms with van der Waals surface area (Å²) in [7, 11) is 0. The van der Waals surface area contributed by atoms with Gasteiger partial charge in [-0.2, -0.15) is 15.0 Å². The van der Waals surface area contributed by atoms with E-state index in [0.717, 1.165) is 5.56 Å². The van der Waals surface area contributed by atoms with Crippen LogP contribution < -0.4 is 10.5 Å². The maximum Gasteiger partial charge on any atom is 0.322 e. The van der Waals surface area contributed by atoms with E-state index in [9.17, 15) is 0 Å². The Labute approximate surface area is 106 Å². The van der Waals surface area contributed by atoms with Gasteiger partial charge in [-0.05, 0) is 20.8 Å². The highest BCUT2D eigenvalue weighted by Gasteiger charge is 2.08. The van der Waals surface area contributed by atoms with Crippen molar-refractivity contribution in [3.8, 4) is 17.4 Å². The van der Waals surface area contributed by atoms with Crippen molar-refractivity contribution in [3.63, 3.8) is 0 Å². The molecule has 1 aromatic heterocycles. The van der Waals surface area contributed by atoms with E-state index in [-0.39, 0.29) is 18.1 Å². The van der Waals surface area contributed by atoms with E-state index in [1.807, 2.05) is 45.0 Å². The average Bonchev–Trinajstić information content (AvgIpc) is 2.28. The largest absolute Gasteiger partial charge is 0.461 e. The van der Waals surface area contributed by atoms with E-state index in [1.54, 1.807) is 0 Å². The van der Waals surface area contributed by atoms with E-state index >= 15 is 0 Å². The monoisotopic (exact) mass is 244 g/mol. The van der Waals surface area contributed by atoms with Crippen LogP contribution in [0.5, 0.6) is 6.01 Å². The summed E-state index contributed by atoms with van der Waals surface area (Å²) in [5, 5.41) is 0. The van der Waals surface area contributed by atoms with Crippen molar-refractivity contribution in [1.29, 1.82) is 0 Å². The fourth-order valence-corrected chi connectivity index (χ4v) is 1.47. The van der Waals surface area contributed by atoms with Crippen molar-refractivity contribution >= 4 is 5.95 Å². The predicted octanol–water partition coefficient (Wildman–Crippen LogP) is 2.22. The van der Waals surface area contributed by atoms with Gasteiger partial charge in [-0.25, -0.2) is 0 Å². The van der Waals surface area contributed by atoms with Gasteiger partial charge >= 0.3 is 6.01 Å². The highest BCUT2D eigenvalue weighted by Crippen LogP contribution is 2.18. The second-order valence-corrected chi connectivity index (χ2v) is 4.33. The van der Waals surface area contributed by atoms with Crippen LogP contribution in [0.25, 0.3) is 11.4 Å². The molecular weight excluding hydrogens is 228 g/mol. The van der Waals surface area contributed by atoms with E-state index in [4.69, 9.17) is 10.5 Å². The van der Waals surface area contributed by atoms with Crippen LogP contribution in [0.15, 0.2) is 24.3 Å². The number of nitrogens with two attached hydrogens (primary N) is 1. The van der Waals surface area contributed by atoms with Crippen molar-refractivity contribution in [2.24, 2.45) is 0 Å². The van der Waals surface area contributed by atoms with Gasteiger partial charge in [0.15, 0.2) is 5.82 Å². The number of benzene rings is 1. The van der Waals surface area contributed by atoms with Gasteiger partial charge in [0.1, 0.15) is 0 Å². The quantitative estimate of drug-likeness (QED) is 0.896. The minimum absolute atomic E-state index is 0.00216. The lowest BCUT2D eigenvalue weighted by atomic mass is 10.1. The molecule has 5 heteroatoms. The molecule has 1 aromatic carbocycles. The molecular formula is C13H16N4O. The van der Waals surface area contributed by atoms with Crippen LogP contribution in [0.3, 0.4) is 0 Å². The maximum absolute atomic E-state index is 5.66. The summed E-state index contributed by atoms with van der Waals surface area (Å²) in [6, 6.07) is 8.15. The summed E-state index contributed by atoms with van der Waals surface area (Å²) in [5.74, 6) is 0.689. The number of hydrogen-bond donors (Lipinski definition) is 1.